The van der Waals surface area contributed by atoms with Gasteiger partial charge in [-0.2, -0.15) is 0 Å². The Hall–Kier alpha value is -1.92. The van der Waals surface area contributed by atoms with E-state index in [0.717, 1.165) is 7.11 Å². The number of methoxy groups -OCH3 is 1. The minimum atomic E-state index is -2.82. The number of hydrogen-bond acceptors (Lipinski definition) is 9. The van der Waals surface area contributed by atoms with Gasteiger partial charge in [-0.3, -0.25) is 9.59 Å². The van der Waals surface area contributed by atoms with Crippen molar-refractivity contribution in [2.45, 2.75) is 30.2 Å². The van der Waals surface area contributed by atoms with Crippen LogP contribution in [0.5, 0.6) is 0 Å². The van der Waals surface area contributed by atoms with Crippen molar-refractivity contribution in [1.29, 1.82) is 0 Å². The number of carboxylic acids is 2. The molecule has 0 heterocycles. The monoisotopic (exact) mass is 322 g/mol. The van der Waals surface area contributed by atoms with Crippen molar-refractivity contribution in [3.8, 4) is 0 Å². The second-order valence-corrected chi connectivity index (χ2v) is 4.54. The molecule has 3 unspecified atom stereocenters. The van der Waals surface area contributed by atoms with E-state index in [2.05, 4.69) is 4.74 Å². The Morgan fingerprint density at radius 2 is 1.50 bits per heavy atom. The summed E-state index contributed by atoms with van der Waals surface area (Å²) in [6, 6.07) is 0. The van der Waals surface area contributed by atoms with Crippen LogP contribution >= 0.6 is 0 Å². The van der Waals surface area contributed by atoms with Crippen molar-refractivity contribution in [2.24, 2.45) is 11.5 Å². The molecule has 0 aliphatic rings. The zero-order chi connectivity index (χ0) is 17.7. The number of aliphatic carboxylic acids is 2. The van der Waals surface area contributed by atoms with E-state index in [9.17, 15) is 24.3 Å². The molecule has 11 nitrogen and oxygen atoms in total. The van der Waals surface area contributed by atoms with Crippen LogP contribution < -0.4 is 11.5 Å². The van der Waals surface area contributed by atoms with E-state index < -0.39 is 60.3 Å². The number of ether oxygens (including phenoxy) is 1. The van der Waals surface area contributed by atoms with Crippen LogP contribution in [0.4, 0.5) is 0 Å². The lowest BCUT2D eigenvalue weighted by molar-refractivity contribution is -0.175. The largest absolute Gasteiger partial charge is 0.479 e. The van der Waals surface area contributed by atoms with E-state index in [0.29, 0.717) is 0 Å². The average molecular weight is 322 g/mol. The Kier molecular flexibility index (Phi) is 6.73. The first-order chi connectivity index (χ1) is 9.98. The van der Waals surface area contributed by atoms with E-state index in [1.165, 1.54) is 0 Å². The van der Waals surface area contributed by atoms with Crippen LogP contribution in [-0.2, 0) is 23.9 Å². The summed E-state index contributed by atoms with van der Waals surface area (Å²) in [5.74, 6) is -6.16. The Bertz CT molecular complexity index is 480. The highest BCUT2D eigenvalue weighted by Gasteiger charge is 2.50. The molecular formula is C11H18N2O9. The van der Waals surface area contributed by atoms with Crippen molar-refractivity contribution in [1.82, 2.24) is 0 Å². The Morgan fingerprint density at radius 1 is 1.05 bits per heavy atom. The molecule has 11 heteroatoms. The van der Waals surface area contributed by atoms with Crippen molar-refractivity contribution in [3.63, 3.8) is 0 Å². The maximum atomic E-state index is 11.8. The number of rotatable bonds is 10. The summed E-state index contributed by atoms with van der Waals surface area (Å²) in [5.41, 5.74) is 5.05. The normalized spacial score (nSPS) is 17.9. The zero-order valence-electron chi connectivity index (χ0n) is 11.7. The minimum Gasteiger partial charge on any atom is -0.479 e. The highest BCUT2D eigenvalue weighted by Crippen LogP contribution is 2.16. The van der Waals surface area contributed by atoms with Crippen LogP contribution in [0.1, 0.15) is 12.8 Å². The maximum absolute atomic E-state index is 11.8. The van der Waals surface area contributed by atoms with Gasteiger partial charge in [-0.25, -0.2) is 9.59 Å². The van der Waals surface area contributed by atoms with Crippen LogP contribution in [0.3, 0.4) is 0 Å². The number of aliphatic hydroxyl groups excluding tert-OH is 2. The standard InChI is InChI=1S/C11H18N2O9/c1-22-9(21)11(13,8(19)20)6(16)3-2-5(15)10(12,4-14)7(17)18/h9,14,21H,2-4,12-13H2,1H3,(H,17,18)(H,19,20). The first-order valence-corrected chi connectivity index (χ1v) is 5.91. The van der Waals surface area contributed by atoms with Gasteiger partial charge in [0.15, 0.2) is 23.4 Å². The highest BCUT2D eigenvalue weighted by molar-refractivity contribution is 6.11. The molecule has 0 rings (SSSR count). The fourth-order valence-corrected chi connectivity index (χ4v) is 1.48. The molecule has 22 heavy (non-hydrogen) atoms. The predicted molar refractivity (Wildman–Crippen MR) is 68.5 cm³/mol. The number of carbonyl (C=O) groups is 4. The molecule has 0 saturated heterocycles. The van der Waals surface area contributed by atoms with E-state index in [1.807, 2.05) is 0 Å². The summed E-state index contributed by atoms with van der Waals surface area (Å²) in [7, 11) is 0.911. The van der Waals surface area contributed by atoms with Gasteiger partial charge >= 0.3 is 11.9 Å². The van der Waals surface area contributed by atoms with Crippen molar-refractivity contribution in [3.05, 3.63) is 0 Å². The van der Waals surface area contributed by atoms with Crippen LogP contribution in [0.25, 0.3) is 0 Å². The van der Waals surface area contributed by atoms with Gasteiger partial charge in [-0.15, -0.1) is 0 Å². The molecule has 0 aromatic carbocycles. The molecule has 0 amide bonds. The molecule has 0 aromatic heterocycles. The molecule has 0 saturated carbocycles. The average Bonchev–Trinajstić information content (AvgIpc) is 2.48. The molecular weight excluding hydrogens is 304 g/mol. The van der Waals surface area contributed by atoms with Crippen LogP contribution in [0.2, 0.25) is 0 Å². The van der Waals surface area contributed by atoms with E-state index in [1.54, 1.807) is 0 Å². The number of nitrogens with two attached hydrogens (primary N) is 2. The maximum Gasteiger partial charge on any atom is 0.336 e. The Balaban J connectivity index is 5.11. The van der Waals surface area contributed by atoms with Crippen LogP contribution in [0.15, 0.2) is 0 Å². The summed E-state index contributed by atoms with van der Waals surface area (Å²) in [5, 5.41) is 36.0. The molecule has 0 aromatic rings. The SMILES string of the molecule is COC(O)C(N)(C(=O)O)C(=O)CCC(=O)C(N)(CO)C(=O)O. The van der Waals surface area contributed by atoms with Gasteiger partial charge < -0.3 is 36.6 Å². The van der Waals surface area contributed by atoms with Crippen molar-refractivity contribution >= 4 is 23.5 Å². The first-order valence-electron chi connectivity index (χ1n) is 5.91. The quantitative estimate of drug-likeness (QED) is 0.171. The topological polar surface area (TPSA) is 210 Å². The molecule has 0 aliphatic carbocycles. The summed E-state index contributed by atoms with van der Waals surface area (Å²) in [4.78, 5) is 45.4. The fraction of sp³-hybridized carbons (Fsp3) is 0.636. The molecule has 126 valence electrons. The smallest absolute Gasteiger partial charge is 0.336 e. The van der Waals surface area contributed by atoms with E-state index >= 15 is 0 Å². The predicted octanol–water partition coefficient (Wildman–Crippen LogP) is -3.57. The molecule has 0 fully saturated rings. The van der Waals surface area contributed by atoms with Crippen molar-refractivity contribution < 1.29 is 44.3 Å². The van der Waals surface area contributed by atoms with Gasteiger partial charge in [0.1, 0.15) is 0 Å². The van der Waals surface area contributed by atoms with Gasteiger partial charge in [-0.05, 0) is 0 Å². The fourth-order valence-electron chi connectivity index (χ4n) is 1.48. The molecule has 0 aliphatic heterocycles. The number of ketones is 2. The molecule has 0 bridgehead atoms. The van der Waals surface area contributed by atoms with E-state index in [-0.39, 0.29) is 0 Å². The Labute approximate surface area is 124 Å². The van der Waals surface area contributed by atoms with Gasteiger partial charge in [0.2, 0.25) is 5.54 Å². The number of carbonyl (C=O) groups excluding carboxylic acids is 2. The van der Waals surface area contributed by atoms with Gasteiger partial charge in [-0.1, -0.05) is 0 Å². The van der Waals surface area contributed by atoms with Crippen LogP contribution in [0, 0.1) is 0 Å². The third-order valence-corrected chi connectivity index (χ3v) is 3.14. The first kappa shape index (κ1) is 20.1. The number of aliphatic hydroxyl groups is 2. The molecule has 0 radical (unpaired) electrons. The van der Waals surface area contributed by atoms with Gasteiger partial charge in [0, 0.05) is 20.0 Å². The lowest BCUT2D eigenvalue weighted by Crippen LogP contribution is -2.64. The van der Waals surface area contributed by atoms with Crippen LogP contribution in [-0.4, -0.2) is 75.0 Å². The minimum absolute atomic E-state index is 0.787. The number of carboxylic acid groups (broad SMARTS) is 2. The lowest BCUT2D eigenvalue weighted by atomic mass is 9.87. The third kappa shape index (κ3) is 3.64. The molecule has 0 spiro atoms. The zero-order valence-corrected chi connectivity index (χ0v) is 11.7. The third-order valence-electron chi connectivity index (χ3n) is 3.14. The number of Topliss-reactive ketones (excluding diaryl/α,β-unsaturated/α-hetero) is 2. The van der Waals surface area contributed by atoms with Crippen molar-refractivity contribution in [2.75, 3.05) is 13.7 Å². The van der Waals surface area contributed by atoms with Gasteiger partial charge in [0.25, 0.3) is 0 Å². The van der Waals surface area contributed by atoms with E-state index in [4.69, 9.17) is 26.8 Å². The highest BCUT2D eigenvalue weighted by atomic mass is 16.6. The number of hydrogen-bond donors (Lipinski definition) is 6. The Morgan fingerprint density at radius 3 is 1.82 bits per heavy atom. The summed E-state index contributed by atoms with van der Waals surface area (Å²) in [6.07, 6.45) is -3.77. The molecule has 8 N–H and O–H groups in total. The second-order valence-electron chi connectivity index (χ2n) is 4.54. The summed E-state index contributed by atoms with van der Waals surface area (Å²) < 4.78 is 4.32. The summed E-state index contributed by atoms with van der Waals surface area (Å²) in [6.45, 7) is -1.21. The summed E-state index contributed by atoms with van der Waals surface area (Å²) >= 11 is 0. The lowest BCUT2D eigenvalue weighted by Gasteiger charge is -2.27. The molecule has 3 atom stereocenters. The van der Waals surface area contributed by atoms with Gasteiger partial charge in [0.05, 0.1) is 6.61 Å². The second kappa shape index (κ2) is 7.38.